The smallest absolute Gasteiger partial charge is 0.325 e. The average molecular weight is 348 g/mol. The molecule has 1 saturated heterocycles. The quantitative estimate of drug-likeness (QED) is 0.465. The van der Waals surface area contributed by atoms with Gasteiger partial charge >= 0.3 is 11.9 Å². The van der Waals surface area contributed by atoms with Crippen molar-refractivity contribution in [3.05, 3.63) is 35.6 Å². The fraction of sp³-hybridized carbons (Fsp3) is 0.526. The second-order valence-electron chi connectivity index (χ2n) is 7.12. The number of benzene rings is 1. The van der Waals surface area contributed by atoms with Gasteiger partial charge in [0.05, 0.1) is 12.0 Å². The van der Waals surface area contributed by atoms with Crippen molar-refractivity contribution in [3.63, 3.8) is 0 Å². The summed E-state index contributed by atoms with van der Waals surface area (Å²) in [6, 6.07) is 5.13. The SMILES string of the molecule is CCOC(=O)[C@]12C(=O)OC(C)(C)[C@H]1[C@@]2(CC)C(=O)c1ccc(F)cc1. The Hall–Kier alpha value is -2.24. The van der Waals surface area contributed by atoms with E-state index in [1.165, 1.54) is 24.3 Å². The summed E-state index contributed by atoms with van der Waals surface area (Å²) in [5.41, 5.74) is -3.54. The number of hydrogen-bond donors (Lipinski definition) is 0. The molecule has 0 spiro atoms. The third-order valence-corrected chi connectivity index (χ3v) is 5.59. The van der Waals surface area contributed by atoms with Gasteiger partial charge in [-0.2, -0.15) is 0 Å². The van der Waals surface area contributed by atoms with E-state index in [0.717, 1.165) is 0 Å². The number of esters is 2. The number of Topliss-reactive ketones (excluding diaryl/α,β-unsaturated/α-hetero) is 1. The van der Waals surface area contributed by atoms with Crippen LogP contribution in [0.3, 0.4) is 0 Å². The Balaban J connectivity index is 2.14. The predicted molar refractivity (Wildman–Crippen MR) is 86.2 cm³/mol. The topological polar surface area (TPSA) is 69.7 Å². The summed E-state index contributed by atoms with van der Waals surface area (Å²) in [6.07, 6.45) is 0.283. The van der Waals surface area contributed by atoms with Crippen LogP contribution in [0.25, 0.3) is 0 Å². The molecule has 3 atom stereocenters. The molecule has 1 heterocycles. The zero-order chi connectivity index (χ0) is 18.6. The van der Waals surface area contributed by atoms with Gasteiger partial charge in [0.2, 0.25) is 0 Å². The lowest BCUT2D eigenvalue weighted by Crippen LogP contribution is -2.40. The van der Waals surface area contributed by atoms with E-state index in [1.54, 1.807) is 27.7 Å². The van der Waals surface area contributed by atoms with Crippen molar-refractivity contribution in [1.29, 1.82) is 0 Å². The van der Waals surface area contributed by atoms with Crippen LogP contribution in [-0.2, 0) is 19.1 Å². The zero-order valence-electron chi connectivity index (χ0n) is 14.7. The van der Waals surface area contributed by atoms with Crippen molar-refractivity contribution in [1.82, 2.24) is 0 Å². The van der Waals surface area contributed by atoms with Crippen LogP contribution in [0.4, 0.5) is 4.39 Å². The number of hydrogen-bond acceptors (Lipinski definition) is 5. The van der Waals surface area contributed by atoms with Gasteiger partial charge in [-0.15, -0.1) is 0 Å². The number of ether oxygens (including phenoxy) is 2. The molecule has 0 bridgehead atoms. The maximum atomic E-state index is 13.3. The largest absolute Gasteiger partial charge is 0.465 e. The standard InChI is InChI=1S/C19H21FO5/c1-5-18(13(21)11-7-9-12(20)10-8-11)14-17(3,4)25-16(23)19(14,18)15(22)24-6-2/h7-10,14H,5-6H2,1-4H3/t14-,18+,19-/m0/s1. The molecule has 2 aliphatic rings. The van der Waals surface area contributed by atoms with Gasteiger partial charge in [-0.05, 0) is 51.5 Å². The van der Waals surface area contributed by atoms with Gasteiger partial charge in [0.25, 0.3) is 0 Å². The summed E-state index contributed by atoms with van der Waals surface area (Å²) in [5.74, 6) is -2.84. The van der Waals surface area contributed by atoms with Crippen LogP contribution >= 0.6 is 0 Å². The normalized spacial score (nSPS) is 31.9. The van der Waals surface area contributed by atoms with E-state index in [0.29, 0.717) is 0 Å². The molecule has 3 rings (SSSR count). The first-order chi connectivity index (χ1) is 11.7. The zero-order valence-corrected chi connectivity index (χ0v) is 14.7. The number of carbonyl (C=O) groups is 3. The van der Waals surface area contributed by atoms with Crippen LogP contribution in [0.5, 0.6) is 0 Å². The molecule has 2 fully saturated rings. The van der Waals surface area contributed by atoms with Gasteiger partial charge in [0.1, 0.15) is 11.4 Å². The van der Waals surface area contributed by atoms with E-state index < -0.39 is 40.1 Å². The maximum absolute atomic E-state index is 13.3. The molecule has 1 aliphatic carbocycles. The van der Waals surface area contributed by atoms with Crippen LogP contribution < -0.4 is 0 Å². The maximum Gasteiger partial charge on any atom is 0.325 e. The van der Waals surface area contributed by atoms with E-state index in [9.17, 15) is 18.8 Å². The number of rotatable bonds is 5. The number of fused-ring (bicyclic) bond motifs is 1. The molecule has 0 aromatic heterocycles. The Labute approximate surface area is 145 Å². The minimum atomic E-state index is -1.62. The number of ketones is 1. The van der Waals surface area contributed by atoms with E-state index in [2.05, 4.69) is 0 Å². The first kappa shape index (κ1) is 17.6. The molecular formula is C19H21FO5. The molecule has 0 amide bonds. The predicted octanol–water partition coefficient (Wildman–Crippen LogP) is 2.92. The van der Waals surface area contributed by atoms with Crippen molar-refractivity contribution in [2.24, 2.45) is 16.7 Å². The summed E-state index contributed by atoms with van der Waals surface area (Å²) in [5, 5.41) is 0. The first-order valence-electron chi connectivity index (χ1n) is 8.41. The summed E-state index contributed by atoms with van der Waals surface area (Å²) in [4.78, 5) is 38.7. The second-order valence-corrected chi connectivity index (χ2v) is 7.12. The van der Waals surface area contributed by atoms with E-state index >= 15 is 0 Å². The van der Waals surface area contributed by atoms with Crippen LogP contribution in [0.1, 0.15) is 44.5 Å². The second kappa shape index (κ2) is 5.38. The van der Waals surface area contributed by atoms with Gasteiger partial charge < -0.3 is 9.47 Å². The van der Waals surface area contributed by atoms with Crippen molar-refractivity contribution >= 4 is 17.7 Å². The third kappa shape index (κ3) is 1.96. The molecule has 25 heavy (non-hydrogen) atoms. The highest BCUT2D eigenvalue weighted by molar-refractivity contribution is 6.19. The molecule has 1 aromatic rings. The Morgan fingerprint density at radius 2 is 1.80 bits per heavy atom. The summed E-state index contributed by atoms with van der Waals surface area (Å²) >= 11 is 0. The van der Waals surface area contributed by atoms with Crippen molar-refractivity contribution < 1.29 is 28.2 Å². The molecule has 0 unspecified atom stereocenters. The number of carbonyl (C=O) groups excluding carboxylic acids is 3. The Morgan fingerprint density at radius 1 is 1.20 bits per heavy atom. The van der Waals surface area contributed by atoms with Crippen LogP contribution in [0.15, 0.2) is 24.3 Å². The van der Waals surface area contributed by atoms with Crippen molar-refractivity contribution in [2.75, 3.05) is 6.61 Å². The van der Waals surface area contributed by atoms with E-state index in [4.69, 9.17) is 9.47 Å². The number of halogens is 1. The summed E-state index contributed by atoms with van der Waals surface area (Å²) in [7, 11) is 0. The summed E-state index contributed by atoms with van der Waals surface area (Å²) in [6.45, 7) is 6.92. The molecule has 6 heteroatoms. The fourth-order valence-corrected chi connectivity index (χ4v) is 4.77. The Bertz CT molecular complexity index is 754. The molecular weight excluding hydrogens is 327 g/mol. The summed E-state index contributed by atoms with van der Waals surface area (Å²) < 4.78 is 23.7. The van der Waals surface area contributed by atoms with Gasteiger partial charge in [-0.3, -0.25) is 14.4 Å². The lowest BCUT2D eigenvalue weighted by molar-refractivity contribution is -0.166. The van der Waals surface area contributed by atoms with Gasteiger partial charge in [-0.1, -0.05) is 6.92 Å². The Kier molecular flexibility index (Phi) is 3.78. The lowest BCUT2D eigenvalue weighted by atomic mass is 9.81. The first-order valence-corrected chi connectivity index (χ1v) is 8.41. The molecule has 1 aliphatic heterocycles. The Morgan fingerprint density at radius 3 is 2.32 bits per heavy atom. The van der Waals surface area contributed by atoms with Gasteiger partial charge in [-0.25, -0.2) is 4.39 Å². The minimum absolute atomic E-state index is 0.103. The number of cyclic esters (lactones) is 1. The van der Waals surface area contributed by atoms with Crippen molar-refractivity contribution in [3.8, 4) is 0 Å². The molecule has 134 valence electrons. The molecule has 1 saturated carbocycles. The molecule has 1 aromatic carbocycles. The molecule has 5 nitrogen and oxygen atoms in total. The highest BCUT2D eigenvalue weighted by Crippen LogP contribution is 2.80. The molecule has 0 N–H and O–H groups in total. The average Bonchev–Trinajstić information content (AvgIpc) is 3.15. The van der Waals surface area contributed by atoms with E-state index in [-0.39, 0.29) is 24.4 Å². The third-order valence-electron chi connectivity index (χ3n) is 5.59. The van der Waals surface area contributed by atoms with E-state index in [1.807, 2.05) is 0 Å². The van der Waals surface area contributed by atoms with Crippen LogP contribution in [-0.4, -0.2) is 29.9 Å². The minimum Gasteiger partial charge on any atom is -0.465 e. The highest BCUT2D eigenvalue weighted by atomic mass is 19.1. The van der Waals surface area contributed by atoms with Crippen molar-refractivity contribution in [2.45, 2.75) is 39.7 Å². The highest BCUT2D eigenvalue weighted by Gasteiger charge is 2.95. The van der Waals surface area contributed by atoms with Gasteiger partial charge in [0.15, 0.2) is 11.2 Å². The van der Waals surface area contributed by atoms with Gasteiger partial charge in [0, 0.05) is 11.5 Å². The van der Waals surface area contributed by atoms with Crippen LogP contribution in [0, 0.1) is 22.6 Å². The lowest BCUT2D eigenvalue weighted by Gasteiger charge is -2.28. The fourth-order valence-electron chi connectivity index (χ4n) is 4.77. The molecule has 0 radical (unpaired) electrons. The van der Waals surface area contributed by atoms with Crippen LogP contribution in [0.2, 0.25) is 0 Å². The monoisotopic (exact) mass is 348 g/mol.